The summed E-state index contributed by atoms with van der Waals surface area (Å²) in [6, 6.07) is 11.6. The van der Waals surface area contributed by atoms with Gasteiger partial charge in [-0.2, -0.15) is 0 Å². The van der Waals surface area contributed by atoms with Crippen LogP contribution in [0.5, 0.6) is 5.75 Å². The Morgan fingerprint density at radius 2 is 1.71 bits per heavy atom. The van der Waals surface area contributed by atoms with E-state index < -0.39 is 11.6 Å². The number of ether oxygens (including phenoxy) is 1. The van der Waals surface area contributed by atoms with E-state index in [1.165, 1.54) is 18.2 Å². The standard InChI is InChI=1S/C17H19F2NO/c1-20-13(9-12-5-3-6-14(10-12)21-2)11-15-16(18)7-4-8-17(15)19/h3-8,10,13,20H,9,11H2,1-2H3. The van der Waals surface area contributed by atoms with E-state index in [1.54, 1.807) is 14.2 Å². The van der Waals surface area contributed by atoms with Gasteiger partial charge in [0.25, 0.3) is 0 Å². The normalized spacial score (nSPS) is 12.2. The highest BCUT2D eigenvalue weighted by Crippen LogP contribution is 2.18. The van der Waals surface area contributed by atoms with Crippen LogP contribution in [0.15, 0.2) is 42.5 Å². The summed E-state index contributed by atoms with van der Waals surface area (Å²) in [5.74, 6) is -0.221. The molecular weight excluding hydrogens is 272 g/mol. The molecule has 0 aliphatic carbocycles. The minimum Gasteiger partial charge on any atom is -0.497 e. The minimum atomic E-state index is -0.499. The van der Waals surface area contributed by atoms with Crippen LogP contribution in [0.4, 0.5) is 8.78 Å². The van der Waals surface area contributed by atoms with Crippen LogP contribution < -0.4 is 10.1 Å². The Morgan fingerprint density at radius 3 is 2.33 bits per heavy atom. The third kappa shape index (κ3) is 4.02. The van der Waals surface area contributed by atoms with Crippen molar-refractivity contribution in [2.24, 2.45) is 0 Å². The lowest BCUT2D eigenvalue weighted by Gasteiger charge is -2.17. The van der Waals surface area contributed by atoms with Gasteiger partial charge in [-0.3, -0.25) is 0 Å². The molecule has 1 N–H and O–H groups in total. The van der Waals surface area contributed by atoms with E-state index in [2.05, 4.69) is 5.32 Å². The van der Waals surface area contributed by atoms with Crippen molar-refractivity contribution in [2.45, 2.75) is 18.9 Å². The zero-order valence-corrected chi connectivity index (χ0v) is 12.2. The van der Waals surface area contributed by atoms with Gasteiger partial charge in [0, 0.05) is 11.6 Å². The lowest BCUT2D eigenvalue weighted by Crippen LogP contribution is -2.30. The molecule has 0 bridgehead atoms. The van der Waals surface area contributed by atoms with Crippen molar-refractivity contribution in [1.82, 2.24) is 5.32 Å². The molecule has 0 spiro atoms. The Balaban J connectivity index is 2.13. The summed E-state index contributed by atoms with van der Waals surface area (Å²) in [7, 11) is 3.41. The quantitative estimate of drug-likeness (QED) is 0.881. The first-order chi connectivity index (χ1) is 10.1. The lowest BCUT2D eigenvalue weighted by atomic mass is 9.98. The maximum atomic E-state index is 13.7. The van der Waals surface area contributed by atoms with Crippen LogP contribution in [0, 0.1) is 11.6 Å². The van der Waals surface area contributed by atoms with Gasteiger partial charge in [-0.1, -0.05) is 18.2 Å². The fourth-order valence-corrected chi connectivity index (χ4v) is 2.33. The number of benzene rings is 2. The molecule has 2 rings (SSSR count). The summed E-state index contributed by atoms with van der Waals surface area (Å²) in [4.78, 5) is 0. The van der Waals surface area contributed by atoms with Crippen LogP contribution in [0.3, 0.4) is 0 Å². The van der Waals surface area contributed by atoms with Gasteiger partial charge in [-0.25, -0.2) is 8.78 Å². The molecular formula is C17H19F2NO. The minimum absolute atomic E-state index is 0.0523. The smallest absolute Gasteiger partial charge is 0.129 e. The molecule has 2 nitrogen and oxygen atoms in total. The first-order valence-electron chi connectivity index (χ1n) is 6.87. The maximum absolute atomic E-state index is 13.7. The van der Waals surface area contributed by atoms with E-state index >= 15 is 0 Å². The molecule has 0 aliphatic heterocycles. The Kier molecular flexibility index (Phi) is 5.28. The fraction of sp³-hybridized carbons (Fsp3) is 0.294. The predicted octanol–water partition coefficient (Wildman–Crippen LogP) is 3.35. The van der Waals surface area contributed by atoms with Crippen molar-refractivity contribution >= 4 is 0 Å². The summed E-state index contributed by atoms with van der Waals surface area (Å²) in [5, 5.41) is 3.12. The second-order valence-electron chi connectivity index (χ2n) is 4.95. The molecule has 0 saturated carbocycles. The Morgan fingerprint density at radius 1 is 1.05 bits per heavy atom. The molecule has 0 saturated heterocycles. The molecule has 1 unspecified atom stereocenters. The molecule has 21 heavy (non-hydrogen) atoms. The molecule has 4 heteroatoms. The highest BCUT2D eigenvalue weighted by Gasteiger charge is 2.15. The molecule has 0 fully saturated rings. The molecule has 2 aromatic rings. The van der Waals surface area contributed by atoms with Crippen LogP contribution in [0.1, 0.15) is 11.1 Å². The van der Waals surface area contributed by atoms with Crippen molar-refractivity contribution in [3.63, 3.8) is 0 Å². The largest absolute Gasteiger partial charge is 0.497 e. The van der Waals surface area contributed by atoms with Crippen LogP contribution in [0.2, 0.25) is 0 Å². The molecule has 1 atom stereocenters. The maximum Gasteiger partial charge on any atom is 0.129 e. The molecule has 0 radical (unpaired) electrons. The van der Waals surface area contributed by atoms with Crippen LogP contribution in [-0.2, 0) is 12.8 Å². The number of methoxy groups -OCH3 is 1. The third-order valence-corrected chi connectivity index (χ3v) is 3.54. The first kappa shape index (κ1) is 15.4. The summed E-state index contributed by atoms with van der Waals surface area (Å²) < 4.78 is 32.6. The Hall–Kier alpha value is -1.94. The number of hydrogen-bond acceptors (Lipinski definition) is 2. The summed E-state index contributed by atoms with van der Waals surface area (Å²) in [6.45, 7) is 0. The SMILES string of the molecule is CNC(Cc1cccc(OC)c1)Cc1c(F)cccc1F. The number of hydrogen-bond donors (Lipinski definition) is 1. The summed E-state index contributed by atoms with van der Waals surface area (Å²) >= 11 is 0. The van der Waals surface area contributed by atoms with E-state index in [0.29, 0.717) is 12.8 Å². The van der Waals surface area contributed by atoms with Gasteiger partial charge >= 0.3 is 0 Å². The van der Waals surface area contributed by atoms with Crippen molar-refractivity contribution in [2.75, 3.05) is 14.2 Å². The van der Waals surface area contributed by atoms with E-state index in [1.807, 2.05) is 24.3 Å². The van der Waals surface area contributed by atoms with Crippen molar-refractivity contribution in [1.29, 1.82) is 0 Å². The highest BCUT2D eigenvalue weighted by atomic mass is 19.1. The van der Waals surface area contributed by atoms with Gasteiger partial charge in [0.2, 0.25) is 0 Å². The average molecular weight is 291 g/mol. The van der Waals surface area contributed by atoms with Crippen LogP contribution >= 0.6 is 0 Å². The second-order valence-corrected chi connectivity index (χ2v) is 4.95. The Labute approximate surface area is 123 Å². The van der Waals surface area contributed by atoms with Gasteiger partial charge < -0.3 is 10.1 Å². The van der Waals surface area contributed by atoms with Gasteiger partial charge in [0.05, 0.1) is 7.11 Å². The van der Waals surface area contributed by atoms with Gasteiger partial charge in [0.15, 0.2) is 0 Å². The molecule has 0 heterocycles. The first-order valence-corrected chi connectivity index (χ1v) is 6.87. The zero-order chi connectivity index (χ0) is 15.2. The number of halogens is 2. The molecule has 0 aliphatic rings. The fourth-order valence-electron chi connectivity index (χ4n) is 2.33. The Bertz CT molecular complexity index is 581. The van der Waals surface area contributed by atoms with Gasteiger partial charge in [-0.05, 0) is 49.7 Å². The van der Waals surface area contributed by atoms with E-state index in [0.717, 1.165) is 11.3 Å². The lowest BCUT2D eigenvalue weighted by molar-refractivity contribution is 0.413. The van der Waals surface area contributed by atoms with Gasteiger partial charge in [0.1, 0.15) is 17.4 Å². The van der Waals surface area contributed by atoms with E-state index in [9.17, 15) is 8.78 Å². The van der Waals surface area contributed by atoms with E-state index in [-0.39, 0.29) is 11.6 Å². The predicted molar refractivity (Wildman–Crippen MR) is 79.6 cm³/mol. The zero-order valence-electron chi connectivity index (χ0n) is 12.2. The molecule has 0 aromatic heterocycles. The van der Waals surface area contributed by atoms with E-state index in [4.69, 9.17) is 4.74 Å². The van der Waals surface area contributed by atoms with Crippen molar-refractivity contribution in [3.8, 4) is 5.75 Å². The number of rotatable bonds is 6. The number of likely N-dealkylation sites (N-methyl/N-ethyl adjacent to an activating group) is 1. The average Bonchev–Trinajstić information content (AvgIpc) is 2.50. The van der Waals surface area contributed by atoms with Crippen LogP contribution in [-0.4, -0.2) is 20.2 Å². The third-order valence-electron chi connectivity index (χ3n) is 3.54. The van der Waals surface area contributed by atoms with Crippen molar-refractivity contribution in [3.05, 3.63) is 65.2 Å². The topological polar surface area (TPSA) is 21.3 Å². The summed E-state index contributed by atoms with van der Waals surface area (Å²) in [5.41, 5.74) is 1.19. The monoisotopic (exact) mass is 291 g/mol. The molecule has 0 amide bonds. The van der Waals surface area contributed by atoms with Crippen molar-refractivity contribution < 1.29 is 13.5 Å². The molecule has 2 aromatic carbocycles. The highest BCUT2D eigenvalue weighted by molar-refractivity contribution is 5.29. The molecule has 112 valence electrons. The number of nitrogens with one attached hydrogen (secondary N) is 1. The van der Waals surface area contributed by atoms with Crippen LogP contribution in [0.25, 0.3) is 0 Å². The summed E-state index contributed by atoms with van der Waals surface area (Å²) in [6.07, 6.45) is 0.966. The second kappa shape index (κ2) is 7.18. The van der Waals surface area contributed by atoms with Gasteiger partial charge in [-0.15, -0.1) is 0 Å².